The van der Waals surface area contributed by atoms with Crippen molar-refractivity contribution in [3.63, 3.8) is 0 Å². The smallest absolute Gasteiger partial charge is 0.222 e. The number of anilines is 1. The zero-order valence-corrected chi connectivity index (χ0v) is 18.7. The summed E-state index contributed by atoms with van der Waals surface area (Å²) in [5.74, 6) is 2.88. The molecule has 2 saturated heterocycles. The molecule has 4 rings (SSSR count). The van der Waals surface area contributed by atoms with Gasteiger partial charge in [0.05, 0.1) is 6.54 Å². The predicted molar refractivity (Wildman–Crippen MR) is 122 cm³/mol. The Morgan fingerprint density at radius 3 is 2.39 bits per heavy atom. The normalized spacial score (nSPS) is 18.5. The summed E-state index contributed by atoms with van der Waals surface area (Å²) < 4.78 is 10.9. The molecule has 1 aromatic heterocycles. The van der Waals surface area contributed by atoms with E-state index in [2.05, 4.69) is 45.0 Å². The third-order valence-electron chi connectivity index (χ3n) is 6.61. The summed E-state index contributed by atoms with van der Waals surface area (Å²) in [6, 6.07) is 14.5. The number of amides is 1. The van der Waals surface area contributed by atoms with Crippen LogP contribution in [0.25, 0.3) is 0 Å². The molecule has 0 bridgehead atoms. The number of hydrogen-bond donors (Lipinski definition) is 0. The van der Waals surface area contributed by atoms with Crippen LogP contribution in [0.4, 0.5) is 5.69 Å². The molecule has 6 nitrogen and oxygen atoms in total. The Kier molecular flexibility index (Phi) is 7.65. The fraction of sp³-hybridized carbons (Fsp3) is 0.560. The molecule has 2 aliphatic heterocycles. The monoisotopic (exact) mass is 425 g/mol. The van der Waals surface area contributed by atoms with Crippen LogP contribution in [0.15, 0.2) is 46.9 Å². The van der Waals surface area contributed by atoms with Gasteiger partial charge in [-0.2, -0.15) is 0 Å². The number of carbonyl (C=O) groups is 1. The fourth-order valence-electron chi connectivity index (χ4n) is 4.72. The lowest BCUT2D eigenvalue weighted by Crippen LogP contribution is -2.48. The van der Waals surface area contributed by atoms with E-state index in [0.717, 1.165) is 63.8 Å². The summed E-state index contributed by atoms with van der Waals surface area (Å²) in [6.07, 6.45) is 4.04. The number of hydrogen-bond acceptors (Lipinski definition) is 5. The minimum atomic E-state index is 0.330. The van der Waals surface area contributed by atoms with E-state index >= 15 is 0 Å². The highest BCUT2D eigenvalue weighted by molar-refractivity contribution is 5.76. The van der Waals surface area contributed by atoms with Crippen molar-refractivity contribution in [2.45, 2.75) is 38.8 Å². The molecular formula is C25H35N3O3. The van der Waals surface area contributed by atoms with Crippen molar-refractivity contribution >= 4 is 11.6 Å². The number of furan rings is 1. The van der Waals surface area contributed by atoms with Gasteiger partial charge in [0, 0.05) is 45.4 Å². The Morgan fingerprint density at radius 1 is 0.968 bits per heavy atom. The molecule has 0 radical (unpaired) electrons. The van der Waals surface area contributed by atoms with Crippen molar-refractivity contribution in [1.82, 2.24) is 9.80 Å². The number of likely N-dealkylation sites (tertiary alicyclic amines) is 1. The maximum atomic E-state index is 12.7. The van der Waals surface area contributed by atoms with Gasteiger partial charge in [0.2, 0.25) is 5.91 Å². The Labute approximate surface area is 185 Å². The van der Waals surface area contributed by atoms with Crippen LogP contribution in [0.2, 0.25) is 0 Å². The lowest BCUT2D eigenvalue weighted by Gasteiger charge is -2.36. The first-order valence-electron chi connectivity index (χ1n) is 11.6. The van der Waals surface area contributed by atoms with E-state index in [1.807, 2.05) is 12.1 Å². The molecule has 0 N–H and O–H groups in total. The van der Waals surface area contributed by atoms with E-state index < -0.39 is 0 Å². The van der Waals surface area contributed by atoms with Gasteiger partial charge in [-0.1, -0.05) is 18.2 Å². The van der Waals surface area contributed by atoms with E-state index in [1.165, 1.54) is 18.5 Å². The number of piperazine rings is 1. The summed E-state index contributed by atoms with van der Waals surface area (Å²) >= 11 is 0. The number of nitrogens with zero attached hydrogens (tertiary/aromatic N) is 3. The standard InChI is InChI=1S/C25H35N3O3/c1-30-20-24-9-8-23(31-24)19-26-13-11-21(12-14-26)7-10-25(29)28-17-15-27(16-18-28)22-5-3-2-4-6-22/h2-6,8-9,21H,7,10-20H2,1H3. The third kappa shape index (κ3) is 6.11. The average Bonchev–Trinajstić information content (AvgIpc) is 3.26. The molecule has 1 aromatic carbocycles. The van der Waals surface area contributed by atoms with E-state index in [4.69, 9.17) is 9.15 Å². The lowest BCUT2D eigenvalue weighted by atomic mass is 9.92. The van der Waals surface area contributed by atoms with Crippen LogP contribution in [0.3, 0.4) is 0 Å². The summed E-state index contributed by atoms with van der Waals surface area (Å²) in [5, 5.41) is 0. The highest BCUT2D eigenvalue weighted by Gasteiger charge is 2.24. The average molecular weight is 426 g/mol. The number of piperidine rings is 1. The largest absolute Gasteiger partial charge is 0.462 e. The molecule has 31 heavy (non-hydrogen) atoms. The second-order valence-corrected chi connectivity index (χ2v) is 8.76. The summed E-state index contributed by atoms with van der Waals surface area (Å²) in [4.78, 5) is 19.6. The fourth-order valence-corrected chi connectivity index (χ4v) is 4.72. The van der Waals surface area contributed by atoms with Gasteiger partial charge in [-0.3, -0.25) is 9.69 Å². The van der Waals surface area contributed by atoms with Crippen molar-refractivity contribution in [1.29, 1.82) is 0 Å². The molecule has 1 amide bonds. The summed E-state index contributed by atoms with van der Waals surface area (Å²) in [6.45, 7) is 7.06. The second-order valence-electron chi connectivity index (χ2n) is 8.76. The highest BCUT2D eigenvalue weighted by atomic mass is 16.5. The van der Waals surface area contributed by atoms with Crippen LogP contribution in [0.5, 0.6) is 0 Å². The zero-order chi connectivity index (χ0) is 21.5. The van der Waals surface area contributed by atoms with Crippen LogP contribution in [-0.2, 0) is 22.7 Å². The minimum Gasteiger partial charge on any atom is -0.462 e. The SMILES string of the molecule is COCc1ccc(CN2CCC(CCC(=O)N3CCN(c4ccccc4)CC3)CC2)o1. The molecule has 2 aromatic rings. The number of methoxy groups -OCH3 is 1. The quantitative estimate of drug-likeness (QED) is 0.644. The van der Waals surface area contributed by atoms with Crippen LogP contribution in [-0.4, -0.2) is 62.1 Å². The van der Waals surface area contributed by atoms with Gasteiger partial charge >= 0.3 is 0 Å². The molecule has 0 spiro atoms. The van der Waals surface area contributed by atoms with Crippen LogP contribution in [0.1, 0.15) is 37.2 Å². The summed E-state index contributed by atoms with van der Waals surface area (Å²) in [5.41, 5.74) is 1.26. The van der Waals surface area contributed by atoms with Crippen molar-refractivity contribution < 1.29 is 13.9 Å². The lowest BCUT2D eigenvalue weighted by molar-refractivity contribution is -0.131. The topological polar surface area (TPSA) is 49.2 Å². The summed E-state index contributed by atoms with van der Waals surface area (Å²) in [7, 11) is 1.68. The first-order valence-corrected chi connectivity index (χ1v) is 11.6. The third-order valence-corrected chi connectivity index (χ3v) is 6.61. The molecule has 0 atom stereocenters. The molecule has 2 aliphatic rings. The maximum Gasteiger partial charge on any atom is 0.222 e. The van der Waals surface area contributed by atoms with Crippen LogP contribution < -0.4 is 4.90 Å². The molecule has 0 unspecified atom stereocenters. The maximum absolute atomic E-state index is 12.7. The van der Waals surface area contributed by atoms with Crippen molar-refractivity contribution in [2.75, 3.05) is 51.3 Å². The number of ether oxygens (including phenoxy) is 1. The van der Waals surface area contributed by atoms with Crippen LogP contribution in [0, 0.1) is 5.92 Å². The van der Waals surface area contributed by atoms with Gasteiger partial charge < -0.3 is 19.0 Å². The molecule has 0 saturated carbocycles. The number of benzene rings is 1. The van der Waals surface area contributed by atoms with Gasteiger partial charge in [-0.05, 0) is 62.5 Å². The van der Waals surface area contributed by atoms with E-state index in [-0.39, 0.29) is 0 Å². The second kappa shape index (κ2) is 10.8. The molecule has 3 heterocycles. The van der Waals surface area contributed by atoms with Crippen molar-refractivity contribution in [3.05, 3.63) is 54.0 Å². The first-order chi connectivity index (χ1) is 15.2. The van der Waals surface area contributed by atoms with Gasteiger partial charge in [0.15, 0.2) is 0 Å². The van der Waals surface area contributed by atoms with Gasteiger partial charge in [-0.15, -0.1) is 0 Å². The van der Waals surface area contributed by atoms with Gasteiger partial charge in [0.1, 0.15) is 18.1 Å². The molecule has 2 fully saturated rings. The molecule has 6 heteroatoms. The van der Waals surface area contributed by atoms with Crippen molar-refractivity contribution in [2.24, 2.45) is 5.92 Å². The van der Waals surface area contributed by atoms with Gasteiger partial charge in [-0.25, -0.2) is 0 Å². The Bertz CT molecular complexity index is 806. The van der Waals surface area contributed by atoms with Gasteiger partial charge in [0.25, 0.3) is 0 Å². The molecular weight excluding hydrogens is 390 g/mol. The highest BCUT2D eigenvalue weighted by Crippen LogP contribution is 2.24. The Balaban J connectivity index is 1.13. The van der Waals surface area contributed by atoms with E-state index in [1.54, 1.807) is 7.11 Å². The van der Waals surface area contributed by atoms with E-state index in [9.17, 15) is 4.79 Å². The Morgan fingerprint density at radius 2 is 1.68 bits per heavy atom. The predicted octanol–water partition coefficient (Wildman–Crippen LogP) is 3.77. The molecule has 0 aliphatic carbocycles. The Hall–Kier alpha value is -2.31. The first kappa shape index (κ1) is 21.9. The minimum absolute atomic E-state index is 0.330. The number of rotatable bonds is 8. The van der Waals surface area contributed by atoms with Crippen molar-refractivity contribution in [3.8, 4) is 0 Å². The number of carbonyl (C=O) groups excluding carboxylic acids is 1. The van der Waals surface area contributed by atoms with Crippen LogP contribution >= 0.6 is 0 Å². The zero-order valence-electron chi connectivity index (χ0n) is 18.7. The molecule has 168 valence electrons. The number of para-hydroxylation sites is 1. The van der Waals surface area contributed by atoms with E-state index in [0.29, 0.717) is 24.9 Å².